The first-order valence-electron chi connectivity index (χ1n) is 6.64. The minimum Gasteiger partial charge on any atom is -0.481 e. The number of hydrogen-bond acceptors (Lipinski definition) is 4. The van der Waals surface area contributed by atoms with E-state index >= 15 is 0 Å². The largest absolute Gasteiger partial charge is 0.481 e. The van der Waals surface area contributed by atoms with E-state index in [0.717, 1.165) is 5.82 Å². The minimum absolute atomic E-state index is 0.117. The number of nitrogens with zero attached hydrogens (tertiary/aromatic N) is 2. The number of amides is 1. The summed E-state index contributed by atoms with van der Waals surface area (Å²) in [5.74, 6) is -0.718. The molecule has 20 heavy (non-hydrogen) atoms. The number of carbonyl (C=O) groups is 2. The van der Waals surface area contributed by atoms with E-state index in [1.54, 1.807) is 12.3 Å². The molecule has 1 aromatic heterocycles. The standard InChI is InChI=1S/C14H19N3O3/c1-17(2)12-6-5-11(8-15-12)16-13(18)9-3-4-10(7-9)14(19)20/h5-6,8-10H,3-4,7H2,1-2H3,(H,16,18)(H,19,20)/t9-,10+/m1/s1. The SMILES string of the molecule is CN(C)c1ccc(NC(=O)[C@@H]2CC[C@H](C(=O)O)C2)cn1. The molecule has 1 saturated carbocycles. The van der Waals surface area contributed by atoms with Gasteiger partial charge in [-0.2, -0.15) is 0 Å². The van der Waals surface area contributed by atoms with Crippen LogP contribution in [-0.4, -0.2) is 36.1 Å². The van der Waals surface area contributed by atoms with E-state index in [1.807, 2.05) is 25.1 Å². The molecule has 2 atom stereocenters. The zero-order valence-corrected chi connectivity index (χ0v) is 11.7. The maximum Gasteiger partial charge on any atom is 0.306 e. The van der Waals surface area contributed by atoms with Crippen LogP contribution in [0.5, 0.6) is 0 Å². The molecule has 0 aromatic carbocycles. The van der Waals surface area contributed by atoms with E-state index in [4.69, 9.17) is 5.11 Å². The molecule has 2 rings (SSSR count). The van der Waals surface area contributed by atoms with Crippen LogP contribution in [0.1, 0.15) is 19.3 Å². The summed E-state index contributed by atoms with van der Waals surface area (Å²) in [7, 11) is 3.79. The van der Waals surface area contributed by atoms with Gasteiger partial charge in [-0.05, 0) is 31.4 Å². The first-order valence-corrected chi connectivity index (χ1v) is 6.64. The number of pyridine rings is 1. The lowest BCUT2D eigenvalue weighted by Crippen LogP contribution is -2.22. The number of carbonyl (C=O) groups excluding carboxylic acids is 1. The molecule has 1 fully saturated rings. The molecule has 1 aromatic rings. The maximum absolute atomic E-state index is 12.1. The summed E-state index contributed by atoms with van der Waals surface area (Å²) in [6, 6.07) is 3.62. The number of carboxylic acid groups (broad SMARTS) is 1. The molecule has 1 aliphatic rings. The summed E-state index contributed by atoms with van der Waals surface area (Å²) in [5.41, 5.74) is 0.638. The molecule has 0 bridgehead atoms. The van der Waals surface area contributed by atoms with Crippen molar-refractivity contribution in [2.45, 2.75) is 19.3 Å². The van der Waals surface area contributed by atoms with Gasteiger partial charge in [0.1, 0.15) is 5.82 Å². The van der Waals surface area contributed by atoms with Crippen LogP contribution < -0.4 is 10.2 Å². The molecule has 0 saturated heterocycles. The number of rotatable bonds is 4. The lowest BCUT2D eigenvalue weighted by atomic mass is 10.0. The van der Waals surface area contributed by atoms with Gasteiger partial charge < -0.3 is 15.3 Å². The molecule has 1 aliphatic carbocycles. The van der Waals surface area contributed by atoms with Crippen molar-refractivity contribution in [2.24, 2.45) is 11.8 Å². The normalized spacial score (nSPS) is 21.5. The van der Waals surface area contributed by atoms with Crippen molar-refractivity contribution >= 4 is 23.4 Å². The molecule has 0 spiro atoms. The molecular weight excluding hydrogens is 258 g/mol. The van der Waals surface area contributed by atoms with Crippen LogP contribution >= 0.6 is 0 Å². The quantitative estimate of drug-likeness (QED) is 0.873. The Morgan fingerprint density at radius 1 is 1.30 bits per heavy atom. The lowest BCUT2D eigenvalue weighted by Gasteiger charge is -2.13. The van der Waals surface area contributed by atoms with Gasteiger partial charge in [0, 0.05) is 20.0 Å². The second kappa shape index (κ2) is 5.90. The minimum atomic E-state index is -0.808. The Labute approximate surface area is 117 Å². The van der Waals surface area contributed by atoms with Gasteiger partial charge in [0.15, 0.2) is 0 Å². The Balaban J connectivity index is 1.93. The van der Waals surface area contributed by atoms with Crippen LogP contribution in [0.25, 0.3) is 0 Å². The van der Waals surface area contributed by atoms with Gasteiger partial charge in [-0.25, -0.2) is 4.98 Å². The van der Waals surface area contributed by atoms with Crippen LogP contribution in [0, 0.1) is 11.8 Å². The van der Waals surface area contributed by atoms with E-state index in [9.17, 15) is 9.59 Å². The monoisotopic (exact) mass is 277 g/mol. The maximum atomic E-state index is 12.1. The summed E-state index contributed by atoms with van der Waals surface area (Å²) >= 11 is 0. The number of aliphatic carboxylic acids is 1. The number of nitrogens with one attached hydrogen (secondary N) is 1. The van der Waals surface area contributed by atoms with Crippen molar-refractivity contribution in [1.29, 1.82) is 0 Å². The third-order valence-corrected chi connectivity index (χ3v) is 3.63. The van der Waals surface area contributed by atoms with Crippen molar-refractivity contribution in [2.75, 3.05) is 24.3 Å². The van der Waals surface area contributed by atoms with E-state index in [0.29, 0.717) is 24.9 Å². The van der Waals surface area contributed by atoms with Crippen molar-refractivity contribution in [3.63, 3.8) is 0 Å². The molecule has 6 heteroatoms. The van der Waals surface area contributed by atoms with E-state index < -0.39 is 5.97 Å². The summed E-state index contributed by atoms with van der Waals surface area (Å²) in [4.78, 5) is 29.0. The molecule has 0 radical (unpaired) electrons. The van der Waals surface area contributed by atoms with Gasteiger partial charge in [0.25, 0.3) is 0 Å². The highest BCUT2D eigenvalue weighted by atomic mass is 16.4. The third-order valence-electron chi connectivity index (χ3n) is 3.63. The zero-order chi connectivity index (χ0) is 14.7. The predicted molar refractivity (Wildman–Crippen MR) is 75.7 cm³/mol. The summed E-state index contributed by atoms with van der Waals surface area (Å²) in [6.45, 7) is 0. The number of anilines is 2. The van der Waals surface area contributed by atoms with Crippen LogP contribution in [0.2, 0.25) is 0 Å². The van der Waals surface area contributed by atoms with Crippen molar-refractivity contribution in [3.05, 3.63) is 18.3 Å². The van der Waals surface area contributed by atoms with Gasteiger partial charge in [-0.3, -0.25) is 9.59 Å². The summed E-state index contributed by atoms with van der Waals surface area (Å²) in [5, 5.41) is 11.7. The Morgan fingerprint density at radius 2 is 2.00 bits per heavy atom. The Bertz CT molecular complexity index is 499. The van der Waals surface area contributed by atoms with Crippen LogP contribution in [0.3, 0.4) is 0 Å². The van der Waals surface area contributed by atoms with Crippen molar-refractivity contribution < 1.29 is 14.7 Å². The van der Waals surface area contributed by atoms with Gasteiger partial charge in [0.2, 0.25) is 5.91 Å². The molecular formula is C14H19N3O3. The fraction of sp³-hybridized carbons (Fsp3) is 0.500. The predicted octanol–water partition coefficient (Wildman–Crippen LogP) is 1.59. The van der Waals surface area contributed by atoms with Crippen molar-refractivity contribution in [1.82, 2.24) is 4.98 Å². The second-order valence-electron chi connectivity index (χ2n) is 5.33. The van der Waals surface area contributed by atoms with E-state index in [-0.39, 0.29) is 17.7 Å². The van der Waals surface area contributed by atoms with Gasteiger partial charge >= 0.3 is 5.97 Å². The van der Waals surface area contributed by atoms with Crippen LogP contribution in [-0.2, 0) is 9.59 Å². The number of carboxylic acids is 1. The Morgan fingerprint density at radius 3 is 2.50 bits per heavy atom. The molecule has 0 unspecified atom stereocenters. The number of hydrogen-bond donors (Lipinski definition) is 2. The Kier molecular flexibility index (Phi) is 4.22. The first kappa shape index (κ1) is 14.3. The third kappa shape index (κ3) is 3.26. The van der Waals surface area contributed by atoms with Crippen LogP contribution in [0.4, 0.5) is 11.5 Å². The highest BCUT2D eigenvalue weighted by Gasteiger charge is 2.33. The average molecular weight is 277 g/mol. The van der Waals surface area contributed by atoms with Crippen LogP contribution in [0.15, 0.2) is 18.3 Å². The summed E-state index contributed by atoms with van der Waals surface area (Å²) < 4.78 is 0. The van der Waals surface area contributed by atoms with Crippen molar-refractivity contribution in [3.8, 4) is 0 Å². The van der Waals surface area contributed by atoms with Gasteiger partial charge in [0.05, 0.1) is 17.8 Å². The smallest absolute Gasteiger partial charge is 0.306 e. The Hall–Kier alpha value is -2.11. The molecule has 1 heterocycles. The summed E-state index contributed by atoms with van der Waals surface area (Å²) in [6.07, 6.45) is 3.23. The van der Waals surface area contributed by atoms with E-state index in [2.05, 4.69) is 10.3 Å². The first-order chi connectivity index (χ1) is 9.47. The molecule has 108 valence electrons. The van der Waals surface area contributed by atoms with Gasteiger partial charge in [-0.1, -0.05) is 0 Å². The van der Waals surface area contributed by atoms with Gasteiger partial charge in [-0.15, -0.1) is 0 Å². The number of aromatic nitrogens is 1. The topological polar surface area (TPSA) is 82.5 Å². The molecule has 0 aliphatic heterocycles. The van der Waals surface area contributed by atoms with E-state index in [1.165, 1.54) is 0 Å². The molecule has 1 amide bonds. The molecule has 6 nitrogen and oxygen atoms in total. The highest BCUT2D eigenvalue weighted by Crippen LogP contribution is 2.31. The molecule has 2 N–H and O–H groups in total. The second-order valence-corrected chi connectivity index (χ2v) is 5.33. The lowest BCUT2D eigenvalue weighted by molar-refractivity contribution is -0.141. The fourth-order valence-electron chi connectivity index (χ4n) is 2.41. The highest BCUT2D eigenvalue weighted by molar-refractivity contribution is 5.93. The average Bonchev–Trinajstić information content (AvgIpc) is 2.89. The fourth-order valence-corrected chi connectivity index (χ4v) is 2.41. The zero-order valence-electron chi connectivity index (χ0n) is 11.7.